The summed E-state index contributed by atoms with van der Waals surface area (Å²) in [5.74, 6) is -0.795. The summed E-state index contributed by atoms with van der Waals surface area (Å²) in [6.07, 6.45) is -1.86. The molecule has 0 saturated heterocycles. The Kier molecular flexibility index (Phi) is 2.96. The van der Waals surface area contributed by atoms with Crippen LogP contribution in [0.4, 0.5) is 8.78 Å². The highest BCUT2D eigenvalue weighted by Crippen LogP contribution is 2.29. The van der Waals surface area contributed by atoms with Gasteiger partial charge in [-0.3, -0.25) is 4.98 Å². The SMILES string of the molecule is CC(C)C(F)(F)Oc1cnc2ccccc2c1. The summed E-state index contributed by atoms with van der Waals surface area (Å²) in [4.78, 5) is 4.07. The van der Waals surface area contributed by atoms with Crippen LogP contribution in [-0.4, -0.2) is 11.1 Å². The van der Waals surface area contributed by atoms with Crippen molar-refractivity contribution in [3.8, 4) is 5.75 Å². The van der Waals surface area contributed by atoms with Gasteiger partial charge < -0.3 is 4.74 Å². The largest absolute Gasteiger partial charge is 0.431 e. The first-order chi connectivity index (χ1) is 7.99. The van der Waals surface area contributed by atoms with Gasteiger partial charge in [0.1, 0.15) is 5.75 Å². The molecule has 0 aliphatic heterocycles. The van der Waals surface area contributed by atoms with Crippen molar-refractivity contribution in [1.82, 2.24) is 4.98 Å². The number of ether oxygens (including phenoxy) is 1. The third-order valence-electron chi connectivity index (χ3n) is 2.49. The van der Waals surface area contributed by atoms with Crippen molar-refractivity contribution in [1.29, 1.82) is 0 Å². The van der Waals surface area contributed by atoms with Gasteiger partial charge in [0.05, 0.1) is 17.6 Å². The number of benzene rings is 1. The van der Waals surface area contributed by atoms with E-state index < -0.39 is 12.0 Å². The molecular formula is C13H13F2NO. The zero-order valence-corrected chi connectivity index (χ0v) is 9.65. The van der Waals surface area contributed by atoms with E-state index in [1.807, 2.05) is 24.3 Å². The van der Waals surface area contributed by atoms with E-state index in [2.05, 4.69) is 9.72 Å². The number of hydrogen-bond acceptors (Lipinski definition) is 2. The molecule has 0 atom stereocenters. The molecule has 2 aromatic rings. The molecule has 1 heterocycles. The first kappa shape index (κ1) is 11.8. The van der Waals surface area contributed by atoms with Crippen LogP contribution in [0.3, 0.4) is 0 Å². The van der Waals surface area contributed by atoms with E-state index >= 15 is 0 Å². The molecule has 2 nitrogen and oxygen atoms in total. The number of halogens is 2. The maximum Gasteiger partial charge on any atom is 0.400 e. The van der Waals surface area contributed by atoms with Crippen molar-refractivity contribution in [2.24, 2.45) is 5.92 Å². The predicted octanol–water partition coefficient (Wildman–Crippen LogP) is 3.86. The van der Waals surface area contributed by atoms with E-state index in [0.29, 0.717) is 0 Å². The average Bonchev–Trinajstić information content (AvgIpc) is 2.28. The van der Waals surface area contributed by atoms with Crippen LogP contribution >= 0.6 is 0 Å². The Morgan fingerprint density at radius 1 is 1.24 bits per heavy atom. The maximum atomic E-state index is 13.4. The normalized spacial score (nSPS) is 12.1. The van der Waals surface area contributed by atoms with Gasteiger partial charge in [-0.2, -0.15) is 8.78 Å². The van der Waals surface area contributed by atoms with Crippen molar-refractivity contribution in [3.05, 3.63) is 36.5 Å². The van der Waals surface area contributed by atoms with Crippen LogP contribution in [-0.2, 0) is 0 Å². The third kappa shape index (κ3) is 2.52. The van der Waals surface area contributed by atoms with Gasteiger partial charge in [0, 0.05) is 5.39 Å². The Bertz CT molecular complexity index is 526. The van der Waals surface area contributed by atoms with Crippen molar-refractivity contribution in [2.45, 2.75) is 20.0 Å². The van der Waals surface area contributed by atoms with Gasteiger partial charge in [-0.15, -0.1) is 0 Å². The standard InChI is InChI=1S/C13H13F2NO/c1-9(2)13(14,15)17-11-7-10-5-3-4-6-12(10)16-8-11/h3-9H,1-2H3. The van der Waals surface area contributed by atoms with Crippen LogP contribution in [0.2, 0.25) is 0 Å². The molecule has 0 unspecified atom stereocenters. The van der Waals surface area contributed by atoms with Gasteiger partial charge in [0.15, 0.2) is 0 Å². The van der Waals surface area contributed by atoms with Crippen molar-refractivity contribution in [3.63, 3.8) is 0 Å². The quantitative estimate of drug-likeness (QED) is 0.808. The summed E-state index contributed by atoms with van der Waals surface area (Å²) in [7, 11) is 0. The number of para-hydroxylation sites is 1. The Labute approximate surface area is 98.2 Å². The number of hydrogen-bond donors (Lipinski definition) is 0. The molecular weight excluding hydrogens is 224 g/mol. The van der Waals surface area contributed by atoms with Crippen LogP contribution < -0.4 is 4.74 Å². The monoisotopic (exact) mass is 237 g/mol. The van der Waals surface area contributed by atoms with Gasteiger partial charge in [0.25, 0.3) is 0 Å². The fraction of sp³-hybridized carbons (Fsp3) is 0.308. The lowest BCUT2D eigenvalue weighted by Crippen LogP contribution is -2.31. The summed E-state index contributed by atoms with van der Waals surface area (Å²) in [5, 5.41) is 0.782. The summed E-state index contributed by atoms with van der Waals surface area (Å²) >= 11 is 0. The van der Waals surface area contributed by atoms with E-state index in [0.717, 1.165) is 10.9 Å². The highest BCUT2D eigenvalue weighted by Gasteiger charge is 2.36. The molecule has 0 fully saturated rings. The first-order valence-electron chi connectivity index (χ1n) is 5.40. The minimum atomic E-state index is -3.18. The molecule has 0 aliphatic rings. The second kappa shape index (κ2) is 4.28. The van der Waals surface area contributed by atoms with Crippen LogP contribution in [0.5, 0.6) is 5.75 Å². The molecule has 90 valence electrons. The Morgan fingerprint density at radius 3 is 2.65 bits per heavy atom. The van der Waals surface area contributed by atoms with Gasteiger partial charge in [-0.25, -0.2) is 0 Å². The second-order valence-electron chi connectivity index (χ2n) is 4.18. The van der Waals surface area contributed by atoms with E-state index in [1.165, 1.54) is 20.0 Å². The molecule has 0 bridgehead atoms. The Morgan fingerprint density at radius 2 is 1.94 bits per heavy atom. The number of alkyl halides is 2. The highest BCUT2D eigenvalue weighted by molar-refractivity contribution is 5.79. The molecule has 0 saturated carbocycles. The molecule has 1 aromatic carbocycles. The van der Waals surface area contributed by atoms with Crippen LogP contribution in [0, 0.1) is 5.92 Å². The minimum absolute atomic E-state index is 0.0856. The van der Waals surface area contributed by atoms with Crippen LogP contribution in [0.15, 0.2) is 36.5 Å². The number of fused-ring (bicyclic) bond motifs is 1. The van der Waals surface area contributed by atoms with Crippen molar-refractivity contribution < 1.29 is 13.5 Å². The number of rotatable bonds is 3. The average molecular weight is 237 g/mol. The zero-order chi connectivity index (χ0) is 12.5. The van der Waals surface area contributed by atoms with Crippen LogP contribution in [0.1, 0.15) is 13.8 Å². The second-order valence-corrected chi connectivity index (χ2v) is 4.18. The lowest BCUT2D eigenvalue weighted by atomic mass is 10.2. The molecule has 2 rings (SSSR count). The smallest absolute Gasteiger partial charge is 0.400 e. The van der Waals surface area contributed by atoms with Gasteiger partial charge >= 0.3 is 6.11 Å². The third-order valence-corrected chi connectivity index (χ3v) is 2.49. The summed E-state index contributed by atoms with van der Waals surface area (Å²) in [5.41, 5.74) is 0.757. The summed E-state index contributed by atoms with van der Waals surface area (Å²) in [6, 6.07) is 8.87. The Balaban J connectivity index is 2.31. The summed E-state index contributed by atoms with van der Waals surface area (Å²) < 4.78 is 31.4. The zero-order valence-electron chi connectivity index (χ0n) is 9.65. The molecule has 0 N–H and O–H groups in total. The summed E-state index contributed by atoms with van der Waals surface area (Å²) in [6.45, 7) is 2.82. The van der Waals surface area contributed by atoms with Gasteiger partial charge in [-0.1, -0.05) is 32.0 Å². The number of aromatic nitrogens is 1. The van der Waals surface area contributed by atoms with E-state index in [9.17, 15) is 8.78 Å². The van der Waals surface area contributed by atoms with E-state index in [-0.39, 0.29) is 5.75 Å². The molecule has 0 radical (unpaired) electrons. The first-order valence-corrected chi connectivity index (χ1v) is 5.40. The van der Waals surface area contributed by atoms with Gasteiger partial charge in [-0.05, 0) is 12.1 Å². The molecule has 0 spiro atoms. The number of pyridine rings is 1. The Hall–Kier alpha value is -1.71. The molecule has 0 aliphatic carbocycles. The van der Waals surface area contributed by atoms with E-state index in [4.69, 9.17) is 0 Å². The van der Waals surface area contributed by atoms with E-state index in [1.54, 1.807) is 6.07 Å². The fourth-order valence-corrected chi connectivity index (χ4v) is 1.38. The maximum absolute atomic E-state index is 13.4. The van der Waals surface area contributed by atoms with Crippen molar-refractivity contribution in [2.75, 3.05) is 0 Å². The molecule has 17 heavy (non-hydrogen) atoms. The minimum Gasteiger partial charge on any atom is -0.431 e. The number of nitrogens with zero attached hydrogens (tertiary/aromatic N) is 1. The lowest BCUT2D eigenvalue weighted by molar-refractivity contribution is -0.207. The molecule has 0 amide bonds. The van der Waals surface area contributed by atoms with Gasteiger partial charge in [0.2, 0.25) is 0 Å². The molecule has 4 heteroatoms. The van der Waals surface area contributed by atoms with Crippen molar-refractivity contribution >= 4 is 10.9 Å². The fourth-order valence-electron chi connectivity index (χ4n) is 1.38. The van der Waals surface area contributed by atoms with Crippen LogP contribution in [0.25, 0.3) is 10.9 Å². The topological polar surface area (TPSA) is 22.1 Å². The molecule has 1 aromatic heterocycles. The highest BCUT2D eigenvalue weighted by atomic mass is 19.3. The lowest BCUT2D eigenvalue weighted by Gasteiger charge is -2.21. The predicted molar refractivity (Wildman–Crippen MR) is 62.2 cm³/mol.